The van der Waals surface area contributed by atoms with E-state index < -0.39 is 5.91 Å². The highest BCUT2D eigenvalue weighted by atomic mass is 16.1. The summed E-state index contributed by atoms with van der Waals surface area (Å²) in [5, 5.41) is 5.84. The fraction of sp³-hybridized carbons (Fsp3) is 0.154. The molecule has 156 valence electrons. The van der Waals surface area contributed by atoms with Crippen LogP contribution in [0.4, 0.5) is 0 Å². The smallest absolute Gasteiger partial charge is 0.254 e. The van der Waals surface area contributed by atoms with Crippen molar-refractivity contribution in [2.24, 2.45) is 5.73 Å². The molecule has 0 radical (unpaired) electrons. The molecule has 0 spiro atoms. The van der Waals surface area contributed by atoms with Crippen LogP contribution < -0.4 is 5.73 Å². The van der Waals surface area contributed by atoms with Crippen molar-refractivity contribution >= 4 is 22.5 Å². The number of hydrogen-bond acceptors (Lipinski definition) is 4. The molecule has 2 N–H and O–H groups in total. The lowest BCUT2D eigenvalue weighted by atomic mass is 9.83. The lowest BCUT2D eigenvalue weighted by molar-refractivity contribution is 0.100. The molecular weight excluding hydrogens is 398 g/mol. The first-order valence-electron chi connectivity index (χ1n) is 10.8. The molecule has 0 atom stereocenters. The van der Waals surface area contributed by atoms with Crippen LogP contribution in [0.2, 0.25) is 0 Å². The van der Waals surface area contributed by atoms with Gasteiger partial charge in [0.15, 0.2) is 5.65 Å². The van der Waals surface area contributed by atoms with E-state index in [0.717, 1.165) is 46.3 Å². The molecule has 1 aliphatic rings. The van der Waals surface area contributed by atoms with E-state index in [2.05, 4.69) is 11.1 Å². The number of nitrogens with zero attached hydrogens (tertiary/aromatic N) is 4. The predicted octanol–water partition coefficient (Wildman–Crippen LogP) is 4.98. The van der Waals surface area contributed by atoms with E-state index in [1.54, 1.807) is 10.7 Å². The number of amides is 1. The topological polar surface area (TPSA) is 86.2 Å². The molecule has 0 aliphatic heterocycles. The lowest BCUT2D eigenvalue weighted by Gasteiger charge is -2.25. The van der Waals surface area contributed by atoms with Crippen molar-refractivity contribution in [2.75, 3.05) is 0 Å². The molecule has 1 amide bonds. The first-order chi connectivity index (χ1) is 15.7. The number of benzene rings is 2. The first-order valence-corrected chi connectivity index (χ1v) is 10.8. The van der Waals surface area contributed by atoms with E-state index >= 15 is 0 Å². The van der Waals surface area contributed by atoms with Crippen LogP contribution >= 0.6 is 0 Å². The Labute approximate surface area is 184 Å². The van der Waals surface area contributed by atoms with Crippen molar-refractivity contribution in [3.8, 4) is 22.5 Å². The second kappa shape index (κ2) is 7.27. The van der Waals surface area contributed by atoms with Gasteiger partial charge in [-0.05, 0) is 31.0 Å². The van der Waals surface area contributed by atoms with E-state index in [1.807, 2.05) is 60.7 Å². The quantitative estimate of drug-likeness (QED) is 0.445. The van der Waals surface area contributed by atoms with Gasteiger partial charge in [0.2, 0.25) is 0 Å². The molecule has 0 bridgehead atoms. The van der Waals surface area contributed by atoms with Gasteiger partial charge in [0, 0.05) is 34.3 Å². The average molecular weight is 419 g/mol. The van der Waals surface area contributed by atoms with Crippen LogP contribution in [0.15, 0.2) is 72.9 Å². The summed E-state index contributed by atoms with van der Waals surface area (Å²) in [5.74, 6) is -0.0833. The summed E-state index contributed by atoms with van der Waals surface area (Å²) in [7, 11) is 0. The molecule has 3 aromatic heterocycles. The fourth-order valence-electron chi connectivity index (χ4n) is 4.44. The largest absolute Gasteiger partial charge is 0.365 e. The summed E-state index contributed by atoms with van der Waals surface area (Å²) in [6.45, 7) is 0. The molecular formula is C26H21N5O. The Morgan fingerprint density at radius 3 is 2.53 bits per heavy atom. The van der Waals surface area contributed by atoms with Gasteiger partial charge < -0.3 is 5.73 Å². The third-order valence-electron chi connectivity index (χ3n) is 6.35. The highest BCUT2D eigenvalue weighted by Crippen LogP contribution is 2.37. The van der Waals surface area contributed by atoms with Crippen molar-refractivity contribution in [2.45, 2.75) is 25.2 Å². The van der Waals surface area contributed by atoms with Gasteiger partial charge in [0.05, 0.1) is 11.2 Å². The zero-order chi connectivity index (χ0) is 21.7. The molecule has 6 rings (SSSR count). The van der Waals surface area contributed by atoms with E-state index in [4.69, 9.17) is 15.8 Å². The summed E-state index contributed by atoms with van der Waals surface area (Å²) in [6, 6.07) is 22.1. The lowest BCUT2D eigenvalue weighted by Crippen LogP contribution is -2.15. The zero-order valence-corrected chi connectivity index (χ0v) is 17.4. The summed E-state index contributed by atoms with van der Waals surface area (Å²) in [6.07, 6.45) is 5.21. The molecule has 6 heteroatoms. The molecule has 1 saturated carbocycles. The third kappa shape index (κ3) is 2.95. The zero-order valence-electron chi connectivity index (χ0n) is 17.4. The monoisotopic (exact) mass is 419 g/mol. The van der Waals surface area contributed by atoms with Gasteiger partial charge in [0.25, 0.3) is 5.91 Å². The molecule has 2 aromatic carbocycles. The van der Waals surface area contributed by atoms with Crippen LogP contribution in [0, 0.1) is 0 Å². The number of carbonyl (C=O) groups excluding carboxylic acids is 1. The van der Waals surface area contributed by atoms with Crippen molar-refractivity contribution in [3.63, 3.8) is 0 Å². The van der Waals surface area contributed by atoms with Crippen molar-refractivity contribution < 1.29 is 4.79 Å². The maximum absolute atomic E-state index is 12.5. The predicted molar refractivity (Wildman–Crippen MR) is 124 cm³/mol. The molecule has 0 saturated heterocycles. The first kappa shape index (κ1) is 18.7. The standard InChI is InChI=1S/C26H21N5O/c27-25(32)23-24(30-31-22(18-7-4-8-18)13-14-28-26(23)31)19-10-9-17-11-12-20(29-21(17)15-19)16-5-2-1-3-6-16/h1-3,5-6,9-15,18H,4,7-8H2,(H2,27,32). The van der Waals surface area contributed by atoms with Gasteiger partial charge in [-0.25, -0.2) is 14.5 Å². The number of hydrogen-bond donors (Lipinski definition) is 1. The number of carbonyl (C=O) groups is 1. The van der Waals surface area contributed by atoms with E-state index in [0.29, 0.717) is 22.8 Å². The molecule has 0 unspecified atom stereocenters. The van der Waals surface area contributed by atoms with Gasteiger partial charge in [-0.1, -0.05) is 55.0 Å². The van der Waals surface area contributed by atoms with E-state index in [-0.39, 0.29) is 0 Å². The minimum absolute atomic E-state index is 0.352. The Morgan fingerprint density at radius 2 is 1.78 bits per heavy atom. The Kier molecular flexibility index (Phi) is 4.24. The molecule has 32 heavy (non-hydrogen) atoms. The Bertz CT molecular complexity index is 1480. The van der Waals surface area contributed by atoms with Crippen LogP contribution in [0.25, 0.3) is 39.1 Å². The molecule has 5 aromatic rings. The number of rotatable bonds is 4. The Balaban J connectivity index is 1.54. The molecule has 1 aliphatic carbocycles. The highest BCUT2D eigenvalue weighted by molar-refractivity contribution is 6.05. The van der Waals surface area contributed by atoms with Crippen LogP contribution in [-0.4, -0.2) is 25.5 Å². The van der Waals surface area contributed by atoms with Gasteiger partial charge in [0.1, 0.15) is 11.3 Å². The second-order valence-corrected chi connectivity index (χ2v) is 8.29. The van der Waals surface area contributed by atoms with E-state index in [9.17, 15) is 4.79 Å². The summed E-state index contributed by atoms with van der Waals surface area (Å²) in [4.78, 5) is 21.8. The van der Waals surface area contributed by atoms with Crippen LogP contribution in [0.5, 0.6) is 0 Å². The summed E-state index contributed by atoms with van der Waals surface area (Å²) < 4.78 is 1.80. The summed E-state index contributed by atoms with van der Waals surface area (Å²) >= 11 is 0. The maximum atomic E-state index is 12.5. The normalized spacial score (nSPS) is 14.0. The second-order valence-electron chi connectivity index (χ2n) is 8.29. The fourth-order valence-corrected chi connectivity index (χ4v) is 4.44. The third-order valence-corrected chi connectivity index (χ3v) is 6.35. The molecule has 1 fully saturated rings. The van der Waals surface area contributed by atoms with Gasteiger partial charge in [-0.3, -0.25) is 4.79 Å². The minimum atomic E-state index is -0.528. The van der Waals surface area contributed by atoms with Crippen molar-refractivity contribution in [1.82, 2.24) is 19.6 Å². The molecule has 3 heterocycles. The number of nitrogens with two attached hydrogens (primary N) is 1. The van der Waals surface area contributed by atoms with Gasteiger partial charge in [-0.2, -0.15) is 5.10 Å². The minimum Gasteiger partial charge on any atom is -0.365 e. The van der Waals surface area contributed by atoms with E-state index in [1.165, 1.54) is 6.42 Å². The number of fused-ring (bicyclic) bond motifs is 2. The SMILES string of the molecule is NC(=O)c1c(-c2ccc3ccc(-c4ccccc4)nc3c2)nn2c(C3CCC3)ccnc12. The highest BCUT2D eigenvalue weighted by Gasteiger charge is 2.27. The summed E-state index contributed by atoms with van der Waals surface area (Å²) in [5.41, 5.74) is 11.9. The van der Waals surface area contributed by atoms with Crippen LogP contribution in [0.1, 0.15) is 41.2 Å². The maximum Gasteiger partial charge on any atom is 0.254 e. The van der Waals surface area contributed by atoms with Gasteiger partial charge >= 0.3 is 0 Å². The Morgan fingerprint density at radius 1 is 0.969 bits per heavy atom. The average Bonchev–Trinajstić information content (AvgIpc) is 3.19. The van der Waals surface area contributed by atoms with Crippen LogP contribution in [0.3, 0.4) is 0 Å². The number of primary amides is 1. The molecule has 6 nitrogen and oxygen atoms in total. The van der Waals surface area contributed by atoms with Crippen LogP contribution in [-0.2, 0) is 0 Å². The van der Waals surface area contributed by atoms with Crippen molar-refractivity contribution in [3.05, 3.63) is 84.2 Å². The number of pyridine rings is 1. The van der Waals surface area contributed by atoms with Gasteiger partial charge in [-0.15, -0.1) is 0 Å². The van der Waals surface area contributed by atoms with Crippen molar-refractivity contribution in [1.29, 1.82) is 0 Å². The number of aromatic nitrogens is 4. The Hall–Kier alpha value is -4.06.